The summed E-state index contributed by atoms with van der Waals surface area (Å²) in [5.74, 6) is 0.272. The number of aliphatic hydroxyl groups is 1. The predicted molar refractivity (Wildman–Crippen MR) is 85.7 cm³/mol. The molecule has 128 valence electrons. The third-order valence-electron chi connectivity index (χ3n) is 4.58. The SMILES string of the molecule is N#Cc1cc(COc2cc3n(c(=O)n2)C[C@H]2C[C@@H](O)CN32)ccc1F. The van der Waals surface area contributed by atoms with Crippen molar-refractivity contribution in [1.29, 1.82) is 5.26 Å². The van der Waals surface area contributed by atoms with Gasteiger partial charge in [0.25, 0.3) is 0 Å². The Morgan fingerprint density at radius 1 is 1.40 bits per heavy atom. The lowest BCUT2D eigenvalue weighted by Gasteiger charge is -2.17. The highest BCUT2D eigenvalue weighted by molar-refractivity contribution is 5.48. The molecule has 1 fully saturated rings. The van der Waals surface area contributed by atoms with E-state index < -0.39 is 17.6 Å². The Kier molecular flexibility index (Phi) is 3.66. The van der Waals surface area contributed by atoms with Gasteiger partial charge in [-0.15, -0.1) is 0 Å². The molecule has 0 aliphatic carbocycles. The van der Waals surface area contributed by atoms with E-state index in [1.165, 1.54) is 18.2 Å². The molecular formula is C17H15FN4O3. The van der Waals surface area contributed by atoms with Crippen molar-refractivity contribution in [3.05, 3.63) is 51.7 Å². The molecule has 2 aromatic rings. The van der Waals surface area contributed by atoms with E-state index in [0.29, 0.717) is 30.9 Å². The summed E-state index contributed by atoms with van der Waals surface area (Å²) < 4.78 is 20.5. The second kappa shape index (κ2) is 5.86. The van der Waals surface area contributed by atoms with Crippen molar-refractivity contribution in [3.8, 4) is 11.9 Å². The van der Waals surface area contributed by atoms with Gasteiger partial charge in [0.2, 0.25) is 5.88 Å². The minimum Gasteiger partial charge on any atom is -0.473 e. The van der Waals surface area contributed by atoms with Crippen LogP contribution in [0.5, 0.6) is 5.88 Å². The lowest BCUT2D eigenvalue weighted by Crippen LogP contribution is -2.25. The second-order valence-electron chi connectivity index (χ2n) is 6.26. The highest BCUT2D eigenvalue weighted by atomic mass is 19.1. The van der Waals surface area contributed by atoms with Crippen molar-refractivity contribution in [2.24, 2.45) is 0 Å². The number of nitrogens with zero attached hydrogens (tertiary/aromatic N) is 4. The molecule has 25 heavy (non-hydrogen) atoms. The van der Waals surface area contributed by atoms with Crippen LogP contribution < -0.4 is 15.3 Å². The van der Waals surface area contributed by atoms with Crippen molar-refractivity contribution < 1.29 is 14.2 Å². The second-order valence-corrected chi connectivity index (χ2v) is 6.26. The molecule has 0 spiro atoms. The molecule has 1 N–H and O–H groups in total. The average Bonchev–Trinajstić information content (AvgIpc) is 3.11. The zero-order chi connectivity index (χ0) is 17.6. The van der Waals surface area contributed by atoms with Gasteiger partial charge in [-0.25, -0.2) is 9.18 Å². The summed E-state index contributed by atoms with van der Waals surface area (Å²) in [6.45, 7) is 1.07. The molecule has 7 nitrogen and oxygen atoms in total. The number of anilines is 1. The summed E-state index contributed by atoms with van der Waals surface area (Å²) in [5.41, 5.74) is 0.153. The molecule has 2 aliphatic rings. The quantitative estimate of drug-likeness (QED) is 0.887. The number of aliphatic hydroxyl groups excluding tert-OH is 1. The van der Waals surface area contributed by atoms with Gasteiger partial charge in [0.15, 0.2) is 0 Å². The Labute approximate surface area is 142 Å². The number of hydrogen-bond acceptors (Lipinski definition) is 6. The molecule has 1 saturated heterocycles. The van der Waals surface area contributed by atoms with Gasteiger partial charge in [-0.2, -0.15) is 10.2 Å². The number of nitriles is 1. The highest BCUT2D eigenvalue weighted by Gasteiger charge is 2.38. The van der Waals surface area contributed by atoms with E-state index in [2.05, 4.69) is 4.98 Å². The molecule has 0 unspecified atom stereocenters. The van der Waals surface area contributed by atoms with Crippen molar-refractivity contribution in [3.63, 3.8) is 0 Å². The number of halogens is 1. The van der Waals surface area contributed by atoms with Crippen molar-refractivity contribution in [1.82, 2.24) is 9.55 Å². The summed E-state index contributed by atoms with van der Waals surface area (Å²) in [6, 6.07) is 7.69. The normalized spacial score (nSPS) is 20.9. The minimum atomic E-state index is -0.584. The molecule has 0 saturated carbocycles. The summed E-state index contributed by atoms with van der Waals surface area (Å²) in [4.78, 5) is 18.1. The molecule has 2 aliphatic heterocycles. The molecular weight excluding hydrogens is 327 g/mol. The summed E-state index contributed by atoms with van der Waals surface area (Å²) >= 11 is 0. The molecule has 8 heteroatoms. The standard InChI is InChI=1S/C17H15FN4O3/c18-14-2-1-10(3-11(14)6-19)9-25-15-5-16-21-8-13(23)4-12(21)7-22(16)17(24)20-15/h1-3,5,12-13,23H,4,7-9H2/t12-,13-/m1/s1. The minimum absolute atomic E-state index is 0.0584. The first-order valence-electron chi connectivity index (χ1n) is 7.93. The summed E-state index contributed by atoms with van der Waals surface area (Å²) in [5, 5.41) is 18.7. The number of benzene rings is 1. The number of rotatable bonds is 3. The van der Waals surface area contributed by atoms with Crippen molar-refractivity contribution >= 4 is 5.82 Å². The first-order chi connectivity index (χ1) is 12.0. The van der Waals surface area contributed by atoms with Crippen LogP contribution in [0.1, 0.15) is 17.5 Å². The number of ether oxygens (including phenoxy) is 1. The van der Waals surface area contributed by atoms with Gasteiger partial charge in [-0.3, -0.25) is 4.57 Å². The van der Waals surface area contributed by atoms with Gasteiger partial charge < -0.3 is 14.7 Å². The van der Waals surface area contributed by atoms with Gasteiger partial charge in [-0.1, -0.05) is 6.07 Å². The lowest BCUT2D eigenvalue weighted by molar-refractivity contribution is 0.192. The van der Waals surface area contributed by atoms with Gasteiger partial charge in [-0.05, 0) is 24.1 Å². The Morgan fingerprint density at radius 2 is 2.24 bits per heavy atom. The van der Waals surface area contributed by atoms with E-state index in [1.807, 2.05) is 4.90 Å². The van der Waals surface area contributed by atoms with Crippen LogP contribution in [0.2, 0.25) is 0 Å². The van der Waals surface area contributed by atoms with Gasteiger partial charge in [0, 0.05) is 19.2 Å². The zero-order valence-electron chi connectivity index (χ0n) is 13.2. The van der Waals surface area contributed by atoms with Crippen molar-refractivity contribution in [2.75, 3.05) is 11.4 Å². The fourth-order valence-electron chi connectivity index (χ4n) is 3.42. The monoisotopic (exact) mass is 342 g/mol. The van der Waals surface area contributed by atoms with Crippen LogP contribution in [0.3, 0.4) is 0 Å². The molecule has 0 bridgehead atoms. The Hall–Kier alpha value is -2.92. The van der Waals surface area contributed by atoms with E-state index in [4.69, 9.17) is 10.00 Å². The van der Waals surface area contributed by atoms with Crippen LogP contribution in [0.4, 0.5) is 10.2 Å². The van der Waals surface area contributed by atoms with Crippen LogP contribution in [0.15, 0.2) is 29.1 Å². The molecule has 3 heterocycles. The van der Waals surface area contributed by atoms with Crippen LogP contribution in [0.25, 0.3) is 0 Å². The summed E-state index contributed by atoms with van der Waals surface area (Å²) in [7, 11) is 0. The maximum absolute atomic E-state index is 13.3. The third-order valence-corrected chi connectivity index (χ3v) is 4.58. The highest BCUT2D eigenvalue weighted by Crippen LogP contribution is 2.33. The van der Waals surface area contributed by atoms with E-state index in [9.17, 15) is 14.3 Å². The molecule has 0 radical (unpaired) electrons. The molecule has 2 atom stereocenters. The Morgan fingerprint density at radius 3 is 3.04 bits per heavy atom. The fraction of sp³-hybridized carbons (Fsp3) is 0.353. The van der Waals surface area contributed by atoms with Crippen molar-refractivity contribution in [2.45, 2.75) is 31.7 Å². The lowest BCUT2D eigenvalue weighted by atomic mass is 10.1. The first-order valence-corrected chi connectivity index (χ1v) is 7.93. The van der Waals surface area contributed by atoms with Gasteiger partial charge in [0.1, 0.15) is 24.3 Å². The van der Waals surface area contributed by atoms with E-state index in [1.54, 1.807) is 16.7 Å². The van der Waals surface area contributed by atoms with Crippen LogP contribution >= 0.6 is 0 Å². The predicted octanol–water partition coefficient (Wildman–Crippen LogP) is 0.786. The topological polar surface area (TPSA) is 91.4 Å². The van der Waals surface area contributed by atoms with Crippen LogP contribution in [-0.4, -0.2) is 33.3 Å². The number of hydrogen-bond donors (Lipinski definition) is 1. The molecule has 4 rings (SSSR count). The maximum atomic E-state index is 13.3. The van der Waals surface area contributed by atoms with E-state index in [-0.39, 0.29) is 24.1 Å². The smallest absolute Gasteiger partial charge is 0.352 e. The third kappa shape index (κ3) is 2.72. The Balaban J connectivity index is 1.56. The molecule has 1 aromatic heterocycles. The van der Waals surface area contributed by atoms with Crippen LogP contribution in [-0.2, 0) is 13.2 Å². The van der Waals surface area contributed by atoms with Crippen LogP contribution in [0, 0.1) is 17.1 Å². The largest absolute Gasteiger partial charge is 0.473 e. The maximum Gasteiger partial charge on any atom is 0.352 e. The van der Waals surface area contributed by atoms with Gasteiger partial charge >= 0.3 is 5.69 Å². The fourth-order valence-corrected chi connectivity index (χ4v) is 3.42. The summed E-state index contributed by atoms with van der Waals surface area (Å²) in [6.07, 6.45) is 0.235. The zero-order valence-corrected chi connectivity index (χ0v) is 13.2. The van der Waals surface area contributed by atoms with Gasteiger partial charge in [0.05, 0.1) is 17.7 Å². The van der Waals surface area contributed by atoms with E-state index >= 15 is 0 Å². The average molecular weight is 342 g/mol. The number of fused-ring (bicyclic) bond motifs is 3. The molecule has 1 aromatic carbocycles. The number of aromatic nitrogens is 2. The van der Waals surface area contributed by atoms with E-state index in [0.717, 1.165) is 0 Å². The first kappa shape index (κ1) is 15.6. The molecule has 0 amide bonds. The Bertz CT molecular complexity index is 936.